The van der Waals surface area contributed by atoms with E-state index in [1.807, 2.05) is 0 Å². The first-order valence-corrected chi connectivity index (χ1v) is 6.36. The third-order valence-electron chi connectivity index (χ3n) is 3.54. The molecule has 1 aliphatic rings. The molecule has 1 fully saturated rings. The molecule has 0 aliphatic carbocycles. The number of nitrogens with zero attached hydrogens (tertiary/aromatic N) is 1. The Bertz CT molecular complexity index is 185. The van der Waals surface area contributed by atoms with Crippen LogP contribution in [0.4, 0.5) is 0 Å². The molecule has 0 aromatic rings. The Kier molecular flexibility index (Phi) is 3.93. The van der Waals surface area contributed by atoms with Gasteiger partial charge in [-0.2, -0.15) is 12.6 Å². The monoisotopic (exact) mass is 215 g/mol. The van der Waals surface area contributed by atoms with Gasteiger partial charge in [-0.3, -0.25) is 4.90 Å². The van der Waals surface area contributed by atoms with Gasteiger partial charge in [0.25, 0.3) is 0 Å². The summed E-state index contributed by atoms with van der Waals surface area (Å²) < 4.78 is 0.160. The summed E-state index contributed by atoms with van der Waals surface area (Å²) in [6.45, 7) is 11.6. The zero-order valence-corrected chi connectivity index (χ0v) is 11.0. The van der Waals surface area contributed by atoms with Gasteiger partial charge in [0.05, 0.1) is 0 Å². The number of thiol groups is 1. The molecule has 0 saturated carbocycles. The molecule has 0 aromatic heterocycles. The summed E-state index contributed by atoms with van der Waals surface area (Å²) in [4.78, 5) is 2.66. The standard InChI is InChI=1S/C12H25NS/c1-5-12(10-11(3,4)14)8-7-9-13(12)6-2/h14H,5-10H2,1-4H3. The van der Waals surface area contributed by atoms with Gasteiger partial charge in [-0.05, 0) is 38.8 Å². The van der Waals surface area contributed by atoms with Crippen molar-refractivity contribution in [1.29, 1.82) is 0 Å². The maximum atomic E-state index is 4.69. The highest BCUT2D eigenvalue weighted by Crippen LogP contribution is 2.40. The largest absolute Gasteiger partial charge is 0.298 e. The van der Waals surface area contributed by atoms with Crippen LogP contribution in [0.15, 0.2) is 0 Å². The fourth-order valence-electron chi connectivity index (χ4n) is 3.02. The highest BCUT2D eigenvalue weighted by Gasteiger charge is 2.41. The molecule has 0 bridgehead atoms. The molecule has 1 saturated heterocycles. The normalized spacial score (nSPS) is 29.8. The molecule has 1 rings (SSSR count). The molecule has 0 amide bonds. The van der Waals surface area contributed by atoms with E-state index in [4.69, 9.17) is 12.6 Å². The van der Waals surface area contributed by atoms with Gasteiger partial charge in [0.15, 0.2) is 0 Å². The molecule has 2 heteroatoms. The molecular formula is C12H25NS. The Hall–Kier alpha value is 0.310. The van der Waals surface area contributed by atoms with Gasteiger partial charge in [0.2, 0.25) is 0 Å². The average molecular weight is 215 g/mol. The molecule has 1 nitrogen and oxygen atoms in total. The predicted molar refractivity (Wildman–Crippen MR) is 67.2 cm³/mol. The van der Waals surface area contributed by atoms with Crippen molar-refractivity contribution in [2.75, 3.05) is 13.1 Å². The van der Waals surface area contributed by atoms with E-state index < -0.39 is 0 Å². The summed E-state index contributed by atoms with van der Waals surface area (Å²) in [5.74, 6) is 0. The zero-order valence-electron chi connectivity index (χ0n) is 10.1. The minimum atomic E-state index is 0.160. The highest BCUT2D eigenvalue weighted by atomic mass is 32.1. The summed E-state index contributed by atoms with van der Waals surface area (Å²) in [5, 5.41) is 0. The van der Waals surface area contributed by atoms with Crippen molar-refractivity contribution < 1.29 is 0 Å². The van der Waals surface area contributed by atoms with Crippen molar-refractivity contribution in [2.24, 2.45) is 0 Å². The lowest BCUT2D eigenvalue weighted by molar-refractivity contribution is 0.119. The van der Waals surface area contributed by atoms with Crippen LogP contribution in [0.3, 0.4) is 0 Å². The van der Waals surface area contributed by atoms with Gasteiger partial charge in [-0.15, -0.1) is 0 Å². The molecule has 1 unspecified atom stereocenters. The maximum absolute atomic E-state index is 4.69. The van der Waals surface area contributed by atoms with Crippen LogP contribution in [0.2, 0.25) is 0 Å². The maximum Gasteiger partial charge on any atom is 0.0220 e. The zero-order chi connectivity index (χ0) is 10.8. The molecule has 84 valence electrons. The minimum Gasteiger partial charge on any atom is -0.298 e. The van der Waals surface area contributed by atoms with Crippen molar-refractivity contribution >= 4 is 12.6 Å². The third kappa shape index (κ3) is 2.66. The van der Waals surface area contributed by atoms with Gasteiger partial charge in [-0.25, -0.2) is 0 Å². The molecule has 1 aliphatic heterocycles. The molecular weight excluding hydrogens is 190 g/mol. The summed E-state index contributed by atoms with van der Waals surface area (Å²) in [7, 11) is 0. The molecule has 0 spiro atoms. The third-order valence-corrected chi connectivity index (χ3v) is 3.70. The van der Waals surface area contributed by atoms with Crippen LogP contribution in [-0.4, -0.2) is 28.3 Å². The van der Waals surface area contributed by atoms with Gasteiger partial charge >= 0.3 is 0 Å². The van der Waals surface area contributed by atoms with Crippen molar-refractivity contribution in [3.63, 3.8) is 0 Å². The van der Waals surface area contributed by atoms with Crippen LogP contribution in [0.1, 0.15) is 53.4 Å². The number of hydrogen-bond donors (Lipinski definition) is 1. The Morgan fingerprint density at radius 3 is 2.43 bits per heavy atom. The lowest BCUT2D eigenvalue weighted by atomic mass is 9.83. The van der Waals surface area contributed by atoms with Crippen LogP contribution in [-0.2, 0) is 0 Å². The van der Waals surface area contributed by atoms with Crippen molar-refractivity contribution in [3.05, 3.63) is 0 Å². The van der Waals surface area contributed by atoms with Crippen LogP contribution in [0.5, 0.6) is 0 Å². The summed E-state index contributed by atoms with van der Waals surface area (Å²) in [5.41, 5.74) is 0.444. The first-order valence-electron chi connectivity index (χ1n) is 5.91. The van der Waals surface area contributed by atoms with E-state index in [-0.39, 0.29) is 4.75 Å². The summed E-state index contributed by atoms with van der Waals surface area (Å²) >= 11 is 4.69. The lowest BCUT2D eigenvalue weighted by Gasteiger charge is -2.41. The second-order valence-corrected chi connectivity index (χ2v) is 6.46. The number of likely N-dealkylation sites (tertiary alicyclic amines) is 1. The molecule has 14 heavy (non-hydrogen) atoms. The van der Waals surface area contributed by atoms with E-state index in [1.54, 1.807) is 0 Å². The quantitative estimate of drug-likeness (QED) is 0.704. The van der Waals surface area contributed by atoms with Crippen LogP contribution in [0.25, 0.3) is 0 Å². The minimum absolute atomic E-state index is 0.160. The van der Waals surface area contributed by atoms with E-state index in [0.29, 0.717) is 5.54 Å². The molecule has 0 N–H and O–H groups in total. The fourth-order valence-corrected chi connectivity index (χ4v) is 3.31. The SMILES string of the molecule is CCN1CCCC1(CC)CC(C)(C)S. The Labute approximate surface area is 94.7 Å². The lowest BCUT2D eigenvalue weighted by Crippen LogP contribution is -2.46. The highest BCUT2D eigenvalue weighted by molar-refractivity contribution is 7.81. The molecule has 0 radical (unpaired) electrons. The second-order valence-electron chi connectivity index (χ2n) is 5.25. The van der Waals surface area contributed by atoms with E-state index in [2.05, 4.69) is 32.6 Å². The first-order chi connectivity index (χ1) is 6.43. The van der Waals surface area contributed by atoms with E-state index >= 15 is 0 Å². The van der Waals surface area contributed by atoms with Gasteiger partial charge in [0, 0.05) is 10.3 Å². The summed E-state index contributed by atoms with van der Waals surface area (Å²) in [6, 6.07) is 0. The molecule has 1 atom stereocenters. The topological polar surface area (TPSA) is 3.24 Å². The van der Waals surface area contributed by atoms with Crippen LogP contribution in [0, 0.1) is 0 Å². The van der Waals surface area contributed by atoms with Crippen molar-refractivity contribution in [1.82, 2.24) is 4.90 Å². The molecule has 0 aromatic carbocycles. The smallest absolute Gasteiger partial charge is 0.0220 e. The van der Waals surface area contributed by atoms with E-state index in [0.717, 1.165) is 0 Å². The van der Waals surface area contributed by atoms with Gasteiger partial charge in [-0.1, -0.05) is 27.7 Å². The second kappa shape index (κ2) is 4.44. The van der Waals surface area contributed by atoms with Crippen LogP contribution >= 0.6 is 12.6 Å². The van der Waals surface area contributed by atoms with Crippen molar-refractivity contribution in [2.45, 2.75) is 63.7 Å². The Balaban J connectivity index is 2.74. The summed E-state index contributed by atoms with van der Waals surface area (Å²) in [6.07, 6.45) is 5.21. The van der Waals surface area contributed by atoms with Gasteiger partial charge in [0.1, 0.15) is 0 Å². The number of hydrogen-bond acceptors (Lipinski definition) is 2. The predicted octanol–water partition coefficient (Wildman–Crippen LogP) is 3.35. The first kappa shape index (κ1) is 12.4. The average Bonchev–Trinajstić information content (AvgIpc) is 2.45. The van der Waals surface area contributed by atoms with E-state index in [9.17, 15) is 0 Å². The number of rotatable bonds is 4. The fraction of sp³-hybridized carbons (Fsp3) is 1.00. The van der Waals surface area contributed by atoms with Crippen LogP contribution < -0.4 is 0 Å². The van der Waals surface area contributed by atoms with Gasteiger partial charge < -0.3 is 0 Å². The molecule has 1 heterocycles. The Morgan fingerprint density at radius 1 is 1.36 bits per heavy atom. The van der Waals surface area contributed by atoms with Crippen molar-refractivity contribution in [3.8, 4) is 0 Å². The van der Waals surface area contributed by atoms with E-state index in [1.165, 1.54) is 38.8 Å². The Morgan fingerprint density at radius 2 is 2.00 bits per heavy atom.